The minimum absolute atomic E-state index is 0.00910. The molecule has 5 nitrogen and oxygen atoms in total. The first kappa shape index (κ1) is 23.8. The second kappa shape index (κ2) is 10.6. The Morgan fingerprint density at radius 1 is 1.00 bits per heavy atom. The number of fused-ring (bicyclic) bond motifs is 1. The summed E-state index contributed by atoms with van der Waals surface area (Å²) in [4.78, 5) is 27.5. The number of halogens is 1. The molecule has 3 aromatic rings. The first-order valence-corrected chi connectivity index (χ1v) is 11.5. The van der Waals surface area contributed by atoms with Crippen molar-refractivity contribution in [2.24, 2.45) is 0 Å². The fourth-order valence-electron chi connectivity index (χ4n) is 3.51. The molecule has 0 spiro atoms. The van der Waals surface area contributed by atoms with Crippen LogP contribution in [0.4, 0.5) is 0 Å². The summed E-state index contributed by atoms with van der Waals surface area (Å²) in [5.41, 5.74) is 2.07. The average Bonchev–Trinajstić information content (AvgIpc) is 2.77. The lowest BCUT2D eigenvalue weighted by molar-refractivity contribution is -0.142. The summed E-state index contributed by atoms with van der Waals surface area (Å²) >= 11 is 3.60. The number of hydrogen-bond acceptors (Lipinski definition) is 3. The number of nitrogens with zero attached hydrogens (tertiary/aromatic N) is 1. The van der Waals surface area contributed by atoms with Crippen LogP contribution in [0.3, 0.4) is 0 Å². The number of carbonyl (C=O) groups is 2. The lowest BCUT2D eigenvalue weighted by atomic mass is 10.1. The number of nitrogens with one attached hydrogen (secondary N) is 1. The molecule has 3 rings (SSSR count). The van der Waals surface area contributed by atoms with Crippen molar-refractivity contribution in [3.8, 4) is 5.75 Å². The van der Waals surface area contributed by atoms with Gasteiger partial charge in [0.15, 0.2) is 6.61 Å². The van der Waals surface area contributed by atoms with E-state index in [-0.39, 0.29) is 24.5 Å². The number of aryl methyl sites for hydroxylation is 1. The standard InChI is InChI=1S/C26H29BrN2O3/c1-17(2)28-26(31)19(4)29(15-21-11-6-5-9-18(21)3)24(30)16-32-23-14-13-20-10-7-8-12-22(20)25(23)27/h5-14,17,19H,15-16H2,1-4H3,(H,28,31)/t19-/m1/s1. The van der Waals surface area contributed by atoms with Gasteiger partial charge in [0.05, 0.1) is 4.47 Å². The van der Waals surface area contributed by atoms with E-state index in [1.807, 2.05) is 81.4 Å². The van der Waals surface area contributed by atoms with Gasteiger partial charge in [-0.25, -0.2) is 0 Å². The summed E-state index contributed by atoms with van der Waals surface area (Å²) in [7, 11) is 0. The quantitative estimate of drug-likeness (QED) is 0.464. The van der Waals surface area contributed by atoms with Crippen LogP contribution in [0.15, 0.2) is 65.1 Å². The van der Waals surface area contributed by atoms with Gasteiger partial charge in [0.2, 0.25) is 5.91 Å². The molecular weight excluding hydrogens is 468 g/mol. The van der Waals surface area contributed by atoms with Crippen LogP contribution in [0, 0.1) is 6.92 Å². The predicted octanol–water partition coefficient (Wildman–Crippen LogP) is 5.23. The first-order chi connectivity index (χ1) is 15.3. The molecule has 32 heavy (non-hydrogen) atoms. The second-order valence-corrected chi connectivity index (χ2v) is 8.97. The molecule has 0 saturated carbocycles. The summed E-state index contributed by atoms with van der Waals surface area (Å²) in [6, 6.07) is 19.0. The Kier molecular flexibility index (Phi) is 7.91. The van der Waals surface area contributed by atoms with Crippen LogP contribution >= 0.6 is 15.9 Å². The van der Waals surface area contributed by atoms with Crippen molar-refractivity contribution in [2.75, 3.05) is 6.61 Å². The number of carbonyl (C=O) groups excluding carboxylic acids is 2. The van der Waals surface area contributed by atoms with Gasteiger partial charge in [-0.2, -0.15) is 0 Å². The van der Waals surface area contributed by atoms with Gasteiger partial charge in [-0.15, -0.1) is 0 Å². The third-order valence-electron chi connectivity index (χ3n) is 5.38. The maximum Gasteiger partial charge on any atom is 0.261 e. The van der Waals surface area contributed by atoms with Gasteiger partial charge in [-0.1, -0.05) is 54.6 Å². The normalized spacial score (nSPS) is 11.9. The van der Waals surface area contributed by atoms with Gasteiger partial charge in [-0.3, -0.25) is 9.59 Å². The molecule has 2 amide bonds. The van der Waals surface area contributed by atoms with E-state index in [2.05, 4.69) is 21.2 Å². The molecule has 0 bridgehead atoms. The maximum absolute atomic E-state index is 13.2. The van der Waals surface area contributed by atoms with E-state index in [0.29, 0.717) is 12.3 Å². The van der Waals surface area contributed by atoms with Crippen LogP contribution in [0.1, 0.15) is 31.9 Å². The molecule has 0 aliphatic heterocycles. The van der Waals surface area contributed by atoms with E-state index in [4.69, 9.17) is 4.74 Å². The Bertz CT molecular complexity index is 1110. The Morgan fingerprint density at radius 2 is 1.69 bits per heavy atom. The van der Waals surface area contributed by atoms with Crippen molar-refractivity contribution in [1.82, 2.24) is 10.2 Å². The van der Waals surface area contributed by atoms with Gasteiger partial charge >= 0.3 is 0 Å². The Balaban J connectivity index is 1.80. The van der Waals surface area contributed by atoms with Crippen molar-refractivity contribution in [1.29, 1.82) is 0 Å². The number of amides is 2. The molecule has 0 heterocycles. The smallest absolute Gasteiger partial charge is 0.261 e. The second-order valence-electron chi connectivity index (χ2n) is 8.17. The summed E-state index contributed by atoms with van der Waals surface area (Å²) in [5, 5.41) is 4.99. The van der Waals surface area contributed by atoms with Crippen LogP contribution in [-0.4, -0.2) is 35.4 Å². The average molecular weight is 497 g/mol. The van der Waals surface area contributed by atoms with Crippen LogP contribution in [0.2, 0.25) is 0 Å². The summed E-state index contributed by atoms with van der Waals surface area (Å²) in [5.74, 6) is 0.153. The van der Waals surface area contributed by atoms with Crippen molar-refractivity contribution in [2.45, 2.75) is 46.3 Å². The Labute approximate surface area is 197 Å². The zero-order valence-electron chi connectivity index (χ0n) is 18.9. The molecular formula is C26H29BrN2O3. The van der Waals surface area contributed by atoms with E-state index in [9.17, 15) is 9.59 Å². The molecule has 0 unspecified atom stereocenters. The largest absolute Gasteiger partial charge is 0.483 e. The number of ether oxygens (including phenoxy) is 1. The minimum atomic E-state index is -0.631. The molecule has 0 aliphatic rings. The highest BCUT2D eigenvalue weighted by Crippen LogP contribution is 2.33. The van der Waals surface area contributed by atoms with Crippen LogP contribution in [0.25, 0.3) is 10.8 Å². The first-order valence-electron chi connectivity index (χ1n) is 10.7. The number of benzene rings is 3. The van der Waals surface area contributed by atoms with Crippen LogP contribution in [0.5, 0.6) is 5.75 Å². The van der Waals surface area contributed by atoms with Crippen molar-refractivity contribution in [3.63, 3.8) is 0 Å². The minimum Gasteiger partial charge on any atom is -0.483 e. The van der Waals surface area contributed by atoms with E-state index >= 15 is 0 Å². The summed E-state index contributed by atoms with van der Waals surface area (Å²) < 4.78 is 6.70. The SMILES string of the molecule is Cc1ccccc1CN(C(=O)COc1ccc2ccccc2c1Br)[C@H](C)C(=O)NC(C)C. The fraction of sp³-hybridized carbons (Fsp3) is 0.308. The molecule has 3 aromatic carbocycles. The maximum atomic E-state index is 13.2. The third kappa shape index (κ3) is 5.68. The van der Waals surface area contributed by atoms with Crippen molar-refractivity contribution < 1.29 is 14.3 Å². The topological polar surface area (TPSA) is 58.6 Å². The molecule has 168 valence electrons. The van der Waals surface area contributed by atoms with E-state index in [1.54, 1.807) is 11.8 Å². The van der Waals surface area contributed by atoms with Gasteiger partial charge in [0.1, 0.15) is 11.8 Å². The summed E-state index contributed by atoms with van der Waals surface area (Å²) in [6.07, 6.45) is 0. The molecule has 0 aromatic heterocycles. The zero-order chi connectivity index (χ0) is 23.3. The monoisotopic (exact) mass is 496 g/mol. The highest BCUT2D eigenvalue weighted by Gasteiger charge is 2.27. The van der Waals surface area contributed by atoms with Crippen molar-refractivity contribution >= 4 is 38.5 Å². The van der Waals surface area contributed by atoms with E-state index < -0.39 is 6.04 Å². The zero-order valence-corrected chi connectivity index (χ0v) is 20.5. The lowest BCUT2D eigenvalue weighted by Crippen LogP contribution is -2.50. The number of hydrogen-bond donors (Lipinski definition) is 1. The number of rotatable bonds is 8. The summed E-state index contributed by atoms with van der Waals surface area (Å²) in [6.45, 7) is 7.72. The van der Waals surface area contributed by atoms with Gasteiger partial charge in [-0.05, 0) is 71.6 Å². The van der Waals surface area contributed by atoms with Gasteiger partial charge < -0.3 is 15.0 Å². The third-order valence-corrected chi connectivity index (χ3v) is 6.20. The Hall–Kier alpha value is -2.86. The fourth-order valence-corrected chi connectivity index (χ4v) is 4.11. The Morgan fingerprint density at radius 3 is 2.41 bits per heavy atom. The predicted molar refractivity (Wildman–Crippen MR) is 132 cm³/mol. The van der Waals surface area contributed by atoms with Gasteiger partial charge in [0.25, 0.3) is 5.91 Å². The van der Waals surface area contributed by atoms with Crippen LogP contribution in [-0.2, 0) is 16.1 Å². The molecule has 0 aliphatic carbocycles. The van der Waals surface area contributed by atoms with Crippen LogP contribution < -0.4 is 10.1 Å². The highest BCUT2D eigenvalue weighted by molar-refractivity contribution is 9.10. The lowest BCUT2D eigenvalue weighted by Gasteiger charge is -2.30. The molecule has 0 saturated heterocycles. The molecule has 6 heteroatoms. The van der Waals surface area contributed by atoms with Crippen molar-refractivity contribution in [3.05, 3.63) is 76.3 Å². The molecule has 0 fully saturated rings. The molecule has 0 radical (unpaired) electrons. The highest BCUT2D eigenvalue weighted by atomic mass is 79.9. The molecule has 1 atom stereocenters. The van der Waals surface area contributed by atoms with E-state index in [1.165, 1.54) is 0 Å². The van der Waals surface area contributed by atoms with Gasteiger partial charge in [0, 0.05) is 12.6 Å². The van der Waals surface area contributed by atoms with E-state index in [0.717, 1.165) is 26.4 Å². The molecule has 1 N–H and O–H groups in total.